The first-order chi connectivity index (χ1) is 17.6. The topological polar surface area (TPSA) is 85.8 Å². The number of thioether (sulfide) groups is 1. The molecule has 5 rings (SSSR count). The van der Waals surface area contributed by atoms with Crippen molar-refractivity contribution in [1.82, 2.24) is 19.8 Å². The second-order valence-electron chi connectivity index (χ2n) is 8.07. The third-order valence-electron chi connectivity index (χ3n) is 5.92. The highest BCUT2D eigenvalue weighted by molar-refractivity contribution is 7.99. The lowest BCUT2D eigenvalue weighted by Gasteiger charge is -2.19. The van der Waals surface area contributed by atoms with E-state index in [9.17, 15) is 4.79 Å². The van der Waals surface area contributed by atoms with Crippen LogP contribution in [0, 0.1) is 0 Å². The Morgan fingerprint density at radius 3 is 2.67 bits per heavy atom. The van der Waals surface area contributed by atoms with Crippen LogP contribution in [0.15, 0.2) is 81.6 Å². The maximum atomic E-state index is 13.4. The molecule has 36 heavy (non-hydrogen) atoms. The van der Waals surface area contributed by atoms with Gasteiger partial charge in [0.15, 0.2) is 11.0 Å². The Balaban J connectivity index is 1.37. The number of hydrazone groups is 1. The quantitative estimate of drug-likeness (QED) is 0.277. The summed E-state index contributed by atoms with van der Waals surface area (Å²) in [5, 5.41) is 16.3. The van der Waals surface area contributed by atoms with E-state index in [2.05, 4.69) is 15.3 Å². The molecule has 0 radical (unpaired) electrons. The molecule has 0 saturated carbocycles. The van der Waals surface area contributed by atoms with Crippen LogP contribution in [-0.4, -0.2) is 44.3 Å². The number of carbonyl (C=O) groups excluding carboxylic acids is 1. The van der Waals surface area contributed by atoms with Gasteiger partial charge >= 0.3 is 0 Å². The Kier molecular flexibility index (Phi) is 7.11. The summed E-state index contributed by atoms with van der Waals surface area (Å²) in [6.45, 7) is 2.67. The minimum Gasteiger partial charge on any atom is -0.496 e. The lowest BCUT2D eigenvalue weighted by molar-refractivity contribution is -0.130. The number of carbonyl (C=O) groups is 1. The first-order valence-electron chi connectivity index (χ1n) is 11.5. The monoisotopic (exact) mass is 521 g/mol. The van der Waals surface area contributed by atoms with Crippen LogP contribution in [0.1, 0.15) is 30.7 Å². The molecule has 0 fully saturated rings. The number of hydrogen-bond acceptors (Lipinski definition) is 7. The number of para-hydroxylation sites is 1. The van der Waals surface area contributed by atoms with Gasteiger partial charge in [0.05, 0.1) is 30.4 Å². The van der Waals surface area contributed by atoms with Gasteiger partial charge in [0, 0.05) is 18.0 Å². The first-order valence-corrected chi connectivity index (χ1v) is 12.8. The number of ether oxygens (including phenoxy) is 1. The second-order valence-corrected chi connectivity index (χ2v) is 9.45. The summed E-state index contributed by atoms with van der Waals surface area (Å²) in [7, 11) is 1.63. The Labute approximate surface area is 217 Å². The number of halogens is 1. The van der Waals surface area contributed by atoms with Crippen LogP contribution in [0.4, 0.5) is 0 Å². The molecule has 2 aromatic carbocycles. The predicted molar refractivity (Wildman–Crippen MR) is 139 cm³/mol. The van der Waals surface area contributed by atoms with Gasteiger partial charge in [-0.15, -0.1) is 10.2 Å². The summed E-state index contributed by atoms with van der Waals surface area (Å²) in [4.78, 5) is 13.4. The predicted octanol–water partition coefficient (Wildman–Crippen LogP) is 5.69. The number of furan rings is 1. The summed E-state index contributed by atoms with van der Waals surface area (Å²) >= 11 is 7.38. The van der Waals surface area contributed by atoms with Gasteiger partial charge in [-0.1, -0.05) is 47.6 Å². The van der Waals surface area contributed by atoms with E-state index < -0.39 is 0 Å². The molecule has 184 valence electrons. The standard InChI is InChI=1S/C26H24ClN5O3S/c1-3-31-25(19-7-4-5-8-22(19)34-2)28-29-26(31)36-16-24(33)32-21(23-9-6-14-35-23)15-20(30-32)17-10-12-18(27)13-11-17/h4-14,21H,3,15-16H2,1-2H3. The molecule has 10 heteroatoms. The summed E-state index contributed by atoms with van der Waals surface area (Å²) in [5.41, 5.74) is 2.58. The fourth-order valence-corrected chi connectivity index (χ4v) is 5.14. The number of methoxy groups -OCH3 is 1. The van der Waals surface area contributed by atoms with E-state index in [1.165, 1.54) is 16.8 Å². The van der Waals surface area contributed by atoms with Crippen molar-refractivity contribution in [2.24, 2.45) is 5.10 Å². The molecule has 1 aliphatic heterocycles. The molecule has 4 aromatic rings. The van der Waals surface area contributed by atoms with E-state index in [1.54, 1.807) is 13.4 Å². The van der Waals surface area contributed by atoms with Crippen molar-refractivity contribution < 1.29 is 13.9 Å². The molecule has 0 aliphatic carbocycles. The van der Waals surface area contributed by atoms with Crippen LogP contribution in [0.2, 0.25) is 5.02 Å². The van der Waals surface area contributed by atoms with Gasteiger partial charge in [0.25, 0.3) is 5.91 Å². The minimum absolute atomic E-state index is 0.144. The van der Waals surface area contributed by atoms with Gasteiger partial charge in [0.1, 0.15) is 17.6 Å². The Morgan fingerprint density at radius 1 is 1.14 bits per heavy atom. The number of hydrogen-bond donors (Lipinski definition) is 0. The molecule has 1 unspecified atom stereocenters. The van der Waals surface area contributed by atoms with E-state index in [0.29, 0.717) is 34.7 Å². The molecular formula is C26H24ClN5O3S. The van der Waals surface area contributed by atoms with Crippen molar-refractivity contribution >= 4 is 35.0 Å². The molecule has 1 amide bonds. The van der Waals surface area contributed by atoms with Crippen LogP contribution < -0.4 is 4.74 Å². The summed E-state index contributed by atoms with van der Waals surface area (Å²) < 4.78 is 13.1. The van der Waals surface area contributed by atoms with E-state index >= 15 is 0 Å². The Morgan fingerprint density at radius 2 is 1.94 bits per heavy atom. The maximum Gasteiger partial charge on any atom is 0.253 e. The highest BCUT2D eigenvalue weighted by Gasteiger charge is 2.35. The fraction of sp³-hybridized carbons (Fsp3) is 0.231. The van der Waals surface area contributed by atoms with Gasteiger partial charge in [-0.05, 0) is 48.9 Å². The zero-order valence-corrected chi connectivity index (χ0v) is 21.4. The molecule has 8 nitrogen and oxygen atoms in total. The molecule has 0 N–H and O–H groups in total. The second kappa shape index (κ2) is 10.6. The zero-order valence-electron chi connectivity index (χ0n) is 19.8. The minimum atomic E-state index is -0.313. The third kappa shape index (κ3) is 4.76. The highest BCUT2D eigenvalue weighted by Crippen LogP contribution is 2.35. The van der Waals surface area contributed by atoms with Crippen molar-refractivity contribution in [3.8, 4) is 17.1 Å². The number of aromatic nitrogens is 3. The van der Waals surface area contributed by atoms with Crippen LogP contribution in [0.5, 0.6) is 5.75 Å². The van der Waals surface area contributed by atoms with Crippen LogP contribution in [0.25, 0.3) is 11.4 Å². The molecular weight excluding hydrogens is 498 g/mol. The van der Waals surface area contributed by atoms with Gasteiger partial charge < -0.3 is 13.7 Å². The van der Waals surface area contributed by atoms with Crippen LogP contribution >= 0.6 is 23.4 Å². The maximum absolute atomic E-state index is 13.4. The molecule has 0 saturated heterocycles. The first kappa shape index (κ1) is 24.1. The smallest absolute Gasteiger partial charge is 0.253 e. The Hall–Kier alpha value is -3.56. The van der Waals surface area contributed by atoms with Gasteiger partial charge in [-0.2, -0.15) is 5.10 Å². The molecule has 3 heterocycles. The lowest BCUT2D eigenvalue weighted by Crippen LogP contribution is -2.28. The average Bonchev–Trinajstić information content (AvgIpc) is 3.67. The van der Waals surface area contributed by atoms with Gasteiger partial charge in [-0.3, -0.25) is 4.79 Å². The number of amides is 1. The molecule has 2 aromatic heterocycles. The number of nitrogens with zero attached hydrogens (tertiary/aromatic N) is 5. The van der Waals surface area contributed by atoms with Crippen molar-refractivity contribution in [3.63, 3.8) is 0 Å². The molecule has 0 bridgehead atoms. The van der Waals surface area contributed by atoms with Crippen LogP contribution in [-0.2, 0) is 11.3 Å². The van der Waals surface area contributed by atoms with Crippen LogP contribution in [0.3, 0.4) is 0 Å². The number of benzene rings is 2. The van der Waals surface area contributed by atoms with E-state index in [0.717, 1.165) is 22.6 Å². The van der Waals surface area contributed by atoms with Crippen molar-refractivity contribution in [1.29, 1.82) is 0 Å². The Bertz CT molecular complexity index is 1390. The van der Waals surface area contributed by atoms with Crippen molar-refractivity contribution in [3.05, 3.63) is 83.3 Å². The fourth-order valence-electron chi connectivity index (χ4n) is 4.16. The number of rotatable bonds is 8. The third-order valence-corrected chi connectivity index (χ3v) is 7.12. The normalized spacial score (nSPS) is 15.2. The SMILES string of the molecule is CCn1c(SCC(=O)N2N=C(c3ccc(Cl)cc3)CC2c2ccco2)nnc1-c1ccccc1OC. The van der Waals surface area contributed by atoms with E-state index in [1.807, 2.05) is 72.2 Å². The summed E-state index contributed by atoms with van der Waals surface area (Å²) in [6, 6.07) is 18.5. The molecule has 0 spiro atoms. The van der Waals surface area contributed by atoms with Gasteiger partial charge in [0.2, 0.25) is 0 Å². The summed E-state index contributed by atoms with van der Waals surface area (Å²) in [6.07, 6.45) is 2.16. The molecule has 1 atom stereocenters. The lowest BCUT2D eigenvalue weighted by atomic mass is 10.0. The van der Waals surface area contributed by atoms with Crippen molar-refractivity contribution in [2.45, 2.75) is 31.1 Å². The summed E-state index contributed by atoms with van der Waals surface area (Å²) in [5.74, 6) is 2.11. The largest absolute Gasteiger partial charge is 0.496 e. The van der Waals surface area contributed by atoms with E-state index in [4.69, 9.17) is 20.8 Å². The van der Waals surface area contributed by atoms with Gasteiger partial charge in [-0.25, -0.2) is 5.01 Å². The van der Waals surface area contributed by atoms with E-state index in [-0.39, 0.29) is 17.7 Å². The average molecular weight is 522 g/mol. The highest BCUT2D eigenvalue weighted by atomic mass is 35.5. The zero-order chi connectivity index (χ0) is 25.1. The van der Waals surface area contributed by atoms with Crippen molar-refractivity contribution in [2.75, 3.05) is 12.9 Å². The molecule has 1 aliphatic rings.